The van der Waals surface area contributed by atoms with Crippen molar-refractivity contribution in [3.05, 3.63) is 108 Å². The maximum Gasteiger partial charge on any atom is 0.272 e. The number of halogens is 2. The van der Waals surface area contributed by atoms with Gasteiger partial charge in [0, 0.05) is 118 Å². The van der Waals surface area contributed by atoms with E-state index >= 15 is 0 Å². The van der Waals surface area contributed by atoms with Gasteiger partial charge in [0.1, 0.15) is 34.2 Å². The number of nitrogens with one attached hydrogen (secondary N) is 10. The second-order valence-corrected chi connectivity index (χ2v) is 16.8. The van der Waals surface area contributed by atoms with E-state index in [0.717, 1.165) is 0 Å². The molecule has 0 aliphatic carbocycles. The van der Waals surface area contributed by atoms with Crippen molar-refractivity contribution in [2.45, 2.75) is 25.7 Å². The van der Waals surface area contributed by atoms with Gasteiger partial charge in [-0.1, -0.05) is 0 Å². The molecule has 0 saturated heterocycles. The lowest BCUT2D eigenvalue weighted by molar-refractivity contribution is -0.121. The first kappa shape index (κ1) is 57.5. The van der Waals surface area contributed by atoms with Crippen molar-refractivity contribution in [3.8, 4) is 0 Å². The number of carbonyl (C=O) groups is 8. The number of anilines is 6. The molecular formula is C46H58Cl2N18O8. The number of nitrogens with zero attached hydrogens (tertiary/aromatic N) is 6. The molecule has 0 saturated carbocycles. The fourth-order valence-corrected chi connectivity index (χ4v) is 7.41. The maximum absolute atomic E-state index is 13.3. The van der Waals surface area contributed by atoms with Crippen molar-refractivity contribution < 1.29 is 38.4 Å². The molecule has 0 aliphatic rings. The van der Waals surface area contributed by atoms with Gasteiger partial charge in [0.25, 0.3) is 35.4 Å². The third-order valence-electron chi connectivity index (χ3n) is 11.0. The fourth-order valence-electron chi connectivity index (χ4n) is 7.41. The number of amides is 8. The Morgan fingerprint density at radius 3 is 0.784 bits per heavy atom. The molecule has 0 radical (unpaired) electrons. The molecule has 6 heterocycles. The number of nitrogens with two attached hydrogens (primary N) is 2. The monoisotopic (exact) mass is 1060 g/mol. The van der Waals surface area contributed by atoms with Crippen LogP contribution < -0.4 is 54.0 Å². The third-order valence-corrected chi connectivity index (χ3v) is 11.0. The van der Waals surface area contributed by atoms with Crippen molar-refractivity contribution in [1.82, 2.24) is 38.0 Å². The van der Waals surface area contributed by atoms with Gasteiger partial charge >= 0.3 is 0 Å². The highest BCUT2D eigenvalue weighted by Crippen LogP contribution is 2.22. The molecule has 0 unspecified atom stereocenters. The second kappa shape index (κ2) is 24.9. The highest BCUT2D eigenvalue weighted by Gasteiger charge is 2.22. The zero-order chi connectivity index (χ0) is 52.6. The molecule has 0 aromatic carbocycles. The Balaban J connectivity index is 0.00000593. The molecule has 26 nitrogen and oxygen atoms in total. The Morgan fingerprint density at radius 1 is 0.365 bits per heavy atom. The summed E-state index contributed by atoms with van der Waals surface area (Å²) in [6, 6.07) is 8.89. The Labute approximate surface area is 435 Å². The molecule has 0 bridgehead atoms. The van der Waals surface area contributed by atoms with E-state index in [-0.39, 0.29) is 109 Å². The first-order chi connectivity index (χ1) is 34.0. The summed E-state index contributed by atoms with van der Waals surface area (Å²) in [6.45, 7) is 0.374. The van der Waals surface area contributed by atoms with Gasteiger partial charge in [-0.05, 0) is 36.4 Å². The summed E-state index contributed by atoms with van der Waals surface area (Å²) in [6.07, 6.45) is 9.29. The Morgan fingerprint density at radius 2 is 0.568 bits per heavy atom. The van der Waals surface area contributed by atoms with Crippen LogP contribution in [-0.2, 0) is 51.9 Å². The normalized spacial score (nSPS) is 10.5. The van der Waals surface area contributed by atoms with Gasteiger partial charge < -0.3 is 81.4 Å². The van der Waals surface area contributed by atoms with Crippen LogP contribution in [0.1, 0.15) is 88.6 Å². The zero-order valence-corrected chi connectivity index (χ0v) is 42.7. The average Bonchev–Trinajstić information content (AvgIpc) is 4.16. The number of aryl methyl sites for hydroxylation is 6. The minimum Gasteiger partial charge on any atom is -0.388 e. The largest absolute Gasteiger partial charge is 0.388 e. The fraction of sp³-hybridized carbons (Fsp3) is 0.261. The lowest BCUT2D eigenvalue weighted by Gasteiger charge is -2.04. The standard InChI is InChI=1S/C46H56N18O8.2ClH/c1-59-21-27(15-31(59)41(67)51-11-9-37(47)48)55-45(71)35-17-29(23-63(35)5)57-43(69)33-13-25(19-61(33)3)53-39(65)7-8-40(66)54-26-14-34(62(4)20-26)44(70)58-30-18-36(64(6)24-30)46(72)56-28-16-32(60(2)22-28)42(68)52-12-10-38(49)50;;/h13-24H,7-12H2,1-6H3,(H3,47,48)(H3,49,50)(H,51,67)(H,52,68)(H,53,65)(H,54,66)(H,55,71)(H,56,72)(H,57,69)(H,58,70);2*1H. The number of aromatic nitrogens is 6. The first-order valence-electron chi connectivity index (χ1n) is 22.1. The van der Waals surface area contributed by atoms with Crippen molar-refractivity contribution in [1.29, 1.82) is 10.8 Å². The van der Waals surface area contributed by atoms with Crippen LogP contribution in [0, 0.1) is 10.8 Å². The summed E-state index contributed by atoms with van der Waals surface area (Å²) in [4.78, 5) is 104. The lowest BCUT2D eigenvalue weighted by Crippen LogP contribution is -2.28. The molecule has 0 spiro atoms. The van der Waals surface area contributed by atoms with E-state index in [0.29, 0.717) is 34.1 Å². The molecule has 8 amide bonds. The van der Waals surface area contributed by atoms with E-state index < -0.39 is 47.3 Å². The van der Waals surface area contributed by atoms with Gasteiger partial charge in [-0.15, -0.1) is 24.8 Å². The van der Waals surface area contributed by atoms with Crippen molar-refractivity contribution in [2.24, 2.45) is 53.8 Å². The predicted molar refractivity (Wildman–Crippen MR) is 283 cm³/mol. The number of rotatable bonds is 21. The minimum atomic E-state index is -0.530. The highest BCUT2D eigenvalue weighted by atomic mass is 35.5. The van der Waals surface area contributed by atoms with Gasteiger partial charge in [0.15, 0.2) is 0 Å². The summed E-state index contributed by atoms with van der Waals surface area (Å²) >= 11 is 0. The van der Waals surface area contributed by atoms with E-state index in [2.05, 4.69) is 42.5 Å². The Bertz CT molecular complexity index is 2940. The third kappa shape index (κ3) is 14.8. The summed E-state index contributed by atoms with van der Waals surface area (Å²) in [7, 11) is 9.76. The van der Waals surface area contributed by atoms with Crippen LogP contribution >= 0.6 is 24.8 Å². The highest BCUT2D eigenvalue weighted by molar-refractivity contribution is 6.09. The maximum atomic E-state index is 13.3. The second-order valence-electron chi connectivity index (χ2n) is 16.8. The number of carbonyl (C=O) groups excluding carboxylic acids is 8. The number of hydrogen-bond acceptors (Lipinski definition) is 10. The van der Waals surface area contributed by atoms with Crippen molar-refractivity contribution in [2.75, 3.05) is 45.0 Å². The van der Waals surface area contributed by atoms with Gasteiger partial charge in [-0.3, -0.25) is 49.2 Å². The van der Waals surface area contributed by atoms with Gasteiger partial charge in [0.05, 0.1) is 45.8 Å². The van der Waals surface area contributed by atoms with Crippen LogP contribution in [0.25, 0.3) is 0 Å². The van der Waals surface area contributed by atoms with E-state index in [1.54, 1.807) is 76.2 Å². The smallest absolute Gasteiger partial charge is 0.272 e. The zero-order valence-electron chi connectivity index (χ0n) is 41.1. The van der Waals surface area contributed by atoms with Gasteiger partial charge in [0.2, 0.25) is 11.8 Å². The molecule has 14 N–H and O–H groups in total. The van der Waals surface area contributed by atoms with Crippen LogP contribution in [0.2, 0.25) is 0 Å². The molecule has 74 heavy (non-hydrogen) atoms. The topological polar surface area (TPSA) is 362 Å². The van der Waals surface area contributed by atoms with E-state index in [1.165, 1.54) is 67.1 Å². The predicted octanol–water partition coefficient (Wildman–Crippen LogP) is 3.04. The van der Waals surface area contributed by atoms with Crippen molar-refractivity contribution in [3.63, 3.8) is 0 Å². The Hall–Kier alpha value is -9.04. The Kier molecular flexibility index (Phi) is 19.3. The summed E-state index contributed by atoms with van der Waals surface area (Å²) in [5.41, 5.74) is 14.0. The minimum absolute atomic E-state index is 0. The summed E-state index contributed by atoms with van der Waals surface area (Å²) in [5, 5.41) is 36.3. The van der Waals surface area contributed by atoms with E-state index in [9.17, 15) is 38.4 Å². The first-order valence-corrected chi connectivity index (χ1v) is 22.1. The number of hydrogen-bond donors (Lipinski definition) is 12. The van der Waals surface area contributed by atoms with Crippen LogP contribution in [-0.4, -0.2) is 99.4 Å². The van der Waals surface area contributed by atoms with Gasteiger partial charge in [-0.25, -0.2) is 0 Å². The van der Waals surface area contributed by atoms with Crippen LogP contribution in [0.5, 0.6) is 0 Å². The molecule has 6 rings (SSSR count). The van der Waals surface area contributed by atoms with Crippen LogP contribution in [0.4, 0.5) is 34.1 Å². The summed E-state index contributed by atoms with van der Waals surface area (Å²) in [5.74, 6) is -3.96. The molecule has 6 aromatic rings. The lowest BCUT2D eigenvalue weighted by atomic mass is 10.2. The quantitative estimate of drug-likeness (QED) is 0.0369. The molecular weight excluding hydrogens is 1000 g/mol. The average molecular weight is 1060 g/mol. The van der Waals surface area contributed by atoms with E-state index in [4.69, 9.17) is 22.3 Å². The molecule has 0 atom stereocenters. The van der Waals surface area contributed by atoms with Gasteiger partial charge in [-0.2, -0.15) is 0 Å². The number of amidine groups is 2. The van der Waals surface area contributed by atoms with Crippen molar-refractivity contribution >= 4 is 118 Å². The van der Waals surface area contributed by atoms with Crippen LogP contribution in [0.3, 0.4) is 0 Å². The van der Waals surface area contributed by atoms with E-state index in [1.807, 2.05) is 0 Å². The SMILES string of the molecule is Cl.Cl.Cn1cc(NC(=O)c2cc(NC(=O)c3cc(NC(=O)CCC(=O)Nc4cc(C(=O)Nc5cc(C(=O)Nc6cc(C(=O)NCCC(=N)N)n(C)c6)n(C)c5)n(C)c4)cn3C)cn2C)cc1C(=O)NCCC(=N)N. The molecule has 0 fully saturated rings. The summed E-state index contributed by atoms with van der Waals surface area (Å²) < 4.78 is 9.13. The molecule has 0 aliphatic heterocycles. The molecule has 6 aromatic heterocycles. The molecule has 28 heteroatoms. The molecule has 394 valence electrons. The van der Waals surface area contributed by atoms with Crippen LogP contribution in [0.15, 0.2) is 73.6 Å².